The number of benzene rings is 2. The highest BCUT2D eigenvalue weighted by molar-refractivity contribution is 5.77. The van der Waals surface area contributed by atoms with Gasteiger partial charge >= 0.3 is 6.03 Å². The molecule has 0 radical (unpaired) electrons. The molecule has 1 aliphatic heterocycles. The first-order valence-corrected chi connectivity index (χ1v) is 10.7. The molecular formula is C24H31N3O3. The van der Waals surface area contributed by atoms with Gasteiger partial charge < -0.3 is 20.3 Å². The summed E-state index contributed by atoms with van der Waals surface area (Å²) in [6.07, 6.45) is 2.74. The van der Waals surface area contributed by atoms with Crippen LogP contribution in [0.25, 0.3) is 0 Å². The second-order valence-corrected chi connectivity index (χ2v) is 7.59. The number of hydrogen-bond donors (Lipinski definition) is 2. The minimum atomic E-state index is -0.203. The van der Waals surface area contributed by atoms with E-state index in [0.717, 1.165) is 30.7 Å². The van der Waals surface area contributed by atoms with Crippen molar-refractivity contribution in [2.45, 2.75) is 39.2 Å². The molecule has 3 rings (SSSR count). The van der Waals surface area contributed by atoms with Gasteiger partial charge in [0.1, 0.15) is 5.75 Å². The molecule has 0 aliphatic carbocycles. The number of urea groups is 1. The Bertz CT molecular complexity index is 853. The number of para-hydroxylation sites is 1. The maximum absolute atomic E-state index is 12.4. The molecule has 0 spiro atoms. The fourth-order valence-corrected chi connectivity index (χ4v) is 3.55. The third-order valence-corrected chi connectivity index (χ3v) is 5.29. The van der Waals surface area contributed by atoms with Crippen molar-refractivity contribution in [1.82, 2.24) is 15.5 Å². The molecule has 0 saturated heterocycles. The minimum Gasteiger partial charge on any atom is -0.493 e. The number of hydrogen-bond acceptors (Lipinski definition) is 3. The Balaban J connectivity index is 1.23. The van der Waals surface area contributed by atoms with Crippen molar-refractivity contribution in [2.24, 2.45) is 0 Å². The zero-order chi connectivity index (χ0) is 21.2. The van der Waals surface area contributed by atoms with Gasteiger partial charge in [0, 0.05) is 32.6 Å². The SMILES string of the molecule is Cc1ccccc1OCCCNC(=O)NCCCC(=O)N1CCc2ccccc2C1. The van der Waals surface area contributed by atoms with Gasteiger partial charge in [-0.3, -0.25) is 4.79 Å². The number of ether oxygens (including phenoxy) is 1. The lowest BCUT2D eigenvalue weighted by atomic mass is 9.99. The molecule has 1 aliphatic rings. The fraction of sp³-hybridized carbons (Fsp3) is 0.417. The van der Waals surface area contributed by atoms with Gasteiger partial charge in [0.2, 0.25) is 5.91 Å². The zero-order valence-corrected chi connectivity index (χ0v) is 17.7. The van der Waals surface area contributed by atoms with Crippen LogP contribution >= 0.6 is 0 Å². The highest BCUT2D eigenvalue weighted by Gasteiger charge is 2.19. The van der Waals surface area contributed by atoms with Gasteiger partial charge in [-0.1, -0.05) is 42.5 Å². The normalized spacial score (nSPS) is 12.8. The maximum atomic E-state index is 12.4. The first-order chi connectivity index (χ1) is 14.6. The Hall–Kier alpha value is -3.02. The summed E-state index contributed by atoms with van der Waals surface area (Å²) < 4.78 is 5.71. The van der Waals surface area contributed by atoms with Crippen molar-refractivity contribution in [3.8, 4) is 5.75 Å². The second-order valence-electron chi connectivity index (χ2n) is 7.59. The van der Waals surface area contributed by atoms with Crippen LogP contribution in [0.4, 0.5) is 4.79 Å². The number of nitrogens with zero attached hydrogens (tertiary/aromatic N) is 1. The van der Waals surface area contributed by atoms with E-state index in [4.69, 9.17) is 4.74 Å². The predicted octanol–water partition coefficient (Wildman–Crippen LogP) is 3.43. The summed E-state index contributed by atoms with van der Waals surface area (Å²) in [5, 5.41) is 5.63. The highest BCUT2D eigenvalue weighted by Crippen LogP contribution is 2.19. The van der Waals surface area contributed by atoms with Crippen LogP contribution in [-0.2, 0) is 17.8 Å². The van der Waals surface area contributed by atoms with Crippen LogP contribution in [0, 0.1) is 6.92 Å². The first-order valence-electron chi connectivity index (χ1n) is 10.7. The van der Waals surface area contributed by atoms with Crippen LogP contribution in [0.15, 0.2) is 48.5 Å². The Kier molecular flexibility index (Phi) is 8.12. The summed E-state index contributed by atoms with van der Waals surface area (Å²) in [4.78, 5) is 26.2. The van der Waals surface area contributed by atoms with E-state index in [1.807, 2.05) is 48.2 Å². The van der Waals surface area contributed by atoms with Gasteiger partial charge in [-0.05, 0) is 48.9 Å². The molecule has 6 heteroatoms. The summed E-state index contributed by atoms with van der Waals surface area (Å²) in [5.74, 6) is 1.03. The van der Waals surface area contributed by atoms with Gasteiger partial charge in [0.25, 0.3) is 0 Å². The van der Waals surface area contributed by atoms with Crippen LogP contribution in [0.1, 0.15) is 36.0 Å². The van der Waals surface area contributed by atoms with E-state index < -0.39 is 0 Å². The Morgan fingerprint density at radius 3 is 2.47 bits per heavy atom. The van der Waals surface area contributed by atoms with E-state index in [9.17, 15) is 9.59 Å². The number of aryl methyl sites for hydroxylation is 1. The number of fused-ring (bicyclic) bond motifs is 1. The van der Waals surface area contributed by atoms with Crippen molar-refractivity contribution >= 4 is 11.9 Å². The zero-order valence-electron chi connectivity index (χ0n) is 17.7. The molecule has 0 saturated carbocycles. The number of carbonyl (C=O) groups is 2. The lowest BCUT2D eigenvalue weighted by Gasteiger charge is -2.29. The van der Waals surface area contributed by atoms with E-state index in [0.29, 0.717) is 39.1 Å². The third-order valence-electron chi connectivity index (χ3n) is 5.29. The van der Waals surface area contributed by atoms with Gasteiger partial charge in [0.15, 0.2) is 0 Å². The van der Waals surface area contributed by atoms with Gasteiger partial charge in [0.05, 0.1) is 6.61 Å². The summed E-state index contributed by atoms with van der Waals surface area (Å²) in [7, 11) is 0. The molecule has 6 nitrogen and oxygen atoms in total. The van der Waals surface area contributed by atoms with Crippen LogP contribution in [0.5, 0.6) is 5.75 Å². The van der Waals surface area contributed by atoms with Crippen LogP contribution < -0.4 is 15.4 Å². The first kappa shape index (κ1) is 21.7. The van der Waals surface area contributed by atoms with Crippen molar-refractivity contribution in [3.05, 3.63) is 65.2 Å². The highest BCUT2D eigenvalue weighted by atomic mass is 16.5. The van der Waals surface area contributed by atoms with Crippen molar-refractivity contribution in [1.29, 1.82) is 0 Å². The van der Waals surface area contributed by atoms with Gasteiger partial charge in [-0.25, -0.2) is 4.79 Å². The molecule has 2 N–H and O–H groups in total. The van der Waals surface area contributed by atoms with Crippen molar-refractivity contribution < 1.29 is 14.3 Å². The maximum Gasteiger partial charge on any atom is 0.314 e. The summed E-state index contributed by atoms with van der Waals surface area (Å²) >= 11 is 0. The Morgan fingerprint density at radius 2 is 1.67 bits per heavy atom. The molecule has 2 aromatic carbocycles. The van der Waals surface area contributed by atoms with E-state index >= 15 is 0 Å². The molecule has 0 fully saturated rings. The van der Waals surface area contributed by atoms with E-state index in [1.54, 1.807) is 0 Å². The van der Waals surface area contributed by atoms with Gasteiger partial charge in [-0.2, -0.15) is 0 Å². The second kappa shape index (κ2) is 11.2. The Labute approximate surface area is 178 Å². The van der Waals surface area contributed by atoms with E-state index in [2.05, 4.69) is 22.8 Å². The number of carbonyl (C=O) groups excluding carboxylic acids is 2. The van der Waals surface area contributed by atoms with E-state index in [1.165, 1.54) is 11.1 Å². The number of amides is 3. The molecule has 0 atom stereocenters. The molecule has 3 amide bonds. The van der Waals surface area contributed by atoms with Crippen LogP contribution in [0.3, 0.4) is 0 Å². The van der Waals surface area contributed by atoms with Crippen LogP contribution in [0.2, 0.25) is 0 Å². The Morgan fingerprint density at radius 1 is 0.967 bits per heavy atom. The topological polar surface area (TPSA) is 70.7 Å². The molecule has 0 aromatic heterocycles. The summed E-state index contributed by atoms with van der Waals surface area (Å²) in [5.41, 5.74) is 3.68. The summed E-state index contributed by atoms with van der Waals surface area (Å²) in [6.45, 7) is 5.06. The van der Waals surface area contributed by atoms with Crippen molar-refractivity contribution in [3.63, 3.8) is 0 Å². The summed E-state index contributed by atoms with van der Waals surface area (Å²) in [6, 6.07) is 16.0. The lowest BCUT2D eigenvalue weighted by Crippen LogP contribution is -2.38. The lowest BCUT2D eigenvalue weighted by molar-refractivity contribution is -0.132. The van der Waals surface area contributed by atoms with E-state index in [-0.39, 0.29) is 11.9 Å². The molecule has 1 heterocycles. The molecule has 160 valence electrons. The monoisotopic (exact) mass is 409 g/mol. The number of nitrogens with one attached hydrogen (secondary N) is 2. The van der Waals surface area contributed by atoms with Crippen molar-refractivity contribution in [2.75, 3.05) is 26.2 Å². The molecule has 0 unspecified atom stereocenters. The fourth-order valence-electron chi connectivity index (χ4n) is 3.55. The largest absolute Gasteiger partial charge is 0.493 e. The average molecular weight is 410 g/mol. The number of rotatable bonds is 9. The van der Waals surface area contributed by atoms with Gasteiger partial charge in [-0.15, -0.1) is 0 Å². The standard InChI is InChI=1S/C24H31N3O3/c1-19-8-2-5-11-22(19)30-17-7-15-26-24(29)25-14-6-12-23(28)27-16-13-20-9-3-4-10-21(20)18-27/h2-5,8-11H,6-7,12-18H2,1H3,(H2,25,26,29). The molecule has 30 heavy (non-hydrogen) atoms. The van der Waals surface area contributed by atoms with Crippen LogP contribution in [-0.4, -0.2) is 43.1 Å². The molecule has 2 aromatic rings. The third kappa shape index (κ3) is 6.51. The molecular weight excluding hydrogens is 378 g/mol. The predicted molar refractivity (Wildman–Crippen MR) is 117 cm³/mol. The molecule has 0 bridgehead atoms. The average Bonchev–Trinajstić information content (AvgIpc) is 2.77. The smallest absolute Gasteiger partial charge is 0.314 e. The minimum absolute atomic E-state index is 0.153. The quantitative estimate of drug-likeness (QED) is 0.624.